The standard InChI is InChI=1S/C17H21NO5/c1-21-16(20)12-15(19)13-2-4-14(5-3-13)18-8-6-17(7-9-18)22-10-11-23-17/h2-5H,6-12H2,1H3. The van der Waals surface area contributed by atoms with Gasteiger partial charge in [-0.3, -0.25) is 9.59 Å². The molecule has 6 nitrogen and oxygen atoms in total. The van der Waals surface area contributed by atoms with E-state index < -0.39 is 5.97 Å². The van der Waals surface area contributed by atoms with Gasteiger partial charge in [0.2, 0.25) is 0 Å². The summed E-state index contributed by atoms with van der Waals surface area (Å²) in [5, 5.41) is 0. The number of piperidine rings is 1. The highest BCUT2D eigenvalue weighted by Crippen LogP contribution is 2.33. The van der Waals surface area contributed by atoms with E-state index in [9.17, 15) is 9.59 Å². The fourth-order valence-electron chi connectivity index (χ4n) is 3.05. The summed E-state index contributed by atoms with van der Waals surface area (Å²) in [4.78, 5) is 25.3. The van der Waals surface area contributed by atoms with Crippen LogP contribution in [-0.2, 0) is 19.0 Å². The van der Waals surface area contributed by atoms with Crippen LogP contribution in [0, 0.1) is 0 Å². The van der Waals surface area contributed by atoms with Gasteiger partial charge in [0, 0.05) is 37.2 Å². The number of carbonyl (C=O) groups excluding carboxylic acids is 2. The maximum absolute atomic E-state index is 11.9. The van der Waals surface area contributed by atoms with Crippen LogP contribution in [0.15, 0.2) is 24.3 Å². The number of ether oxygens (including phenoxy) is 3. The van der Waals surface area contributed by atoms with Gasteiger partial charge in [0.15, 0.2) is 11.6 Å². The van der Waals surface area contributed by atoms with E-state index in [0.717, 1.165) is 31.6 Å². The third-order valence-electron chi connectivity index (χ3n) is 4.43. The number of anilines is 1. The lowest BCUT2D eigenvalue weighted by Crippen LogP contribution is -2.45. The van der Waals surface area contributed by atoms with E-state index in [0.29, 0.717) is 18.8 Å². The summed E-state index contributed by atoms with van der Waals surface area (Å²) in [5.74, 6) is -1.13. The average molecular weight is 319 g/mol. The van der Waals surface area contributed by atoms with Gasteiger partial charge >= 0.3 is 5.97 Å². The maximum atomic E-state index is 11.9. The van der Waals surface area contributed by atoms with Crippen LogP contribution in [0.5, 0.6) is 0 Å². The molecule has 1 aromatic carbocycles. The molecule has 124 valence electrons. The molecular weight excluding hydrogens is 298 g/mol. The first-order chi connectivity index (χ1) is 11.1. The predicted molar refractivity (Wildman–Crippen MR) is 83.5 cm³/mol. The van der Waals surface area contributed by atoms with Crippen LogP contribution >= 0.6 is 0 Å². The van der Waals surface area contributed by atoms with Crippen LogP contribution in [0.1, 0.15) is 29.6 Å². The third-order valence-corrected chi connectivity index (χ3v) is 4.43. The fraction of sp³-hybridized carbons (Fsp3) is 0.529. The Labute approximate surface area is 135 Å². The van der Waals surface area contributed by atoms with Gasteiger partial charge in [0.05, 0.1) is 20.3 Å². The summed E-state index contributed by atoms with van der Waals surface area (Å²) in [6.07, 6.45) is 1.46. The Morgan fingerprint density at radius 3 is 2.30 bits per heavy atom. The molecule has 0 amide bonds. The molecule has 0 N–H and O–H groups in total. The number of hydrogen-bond acceptors (Lipinski definition) is 6. The van der Waals surface area contributed by atoms with Crippen molar-refractivity contribution in [1.82, 2.24) is 0 Å². The van der Waals surface area contributed by atoms with Crippen LogP contribution in [0.25, 0.3) is 0 Å². The topological polar surface area (TPSA) is 65.1 Å². The highest BCUT2D eigenvalue weighted by molar-refractivity contribution is 6.06. The van der Waals surface area contributed by atoms with Gasteiger partial charge in [-0.05, 0) is 24.3 Å². The number of methoxy groups -OCH3 is 1. The summed E-state index contributed by atoms with van der Waals surface area (Å²) < 4.78 is 16.0. The molecule has 2 heterocycles. The van der Waals surface area contributed by atoms with E-state index in [2.05, 4.69) is 9.64 Å². The predicted octanol–water partition coefficient (Wildman–Crippen LogP) is 1.78. The molecule has 0 atom stereocenters. The van der Waals surface area contributed by atoms with Crippen LogP contribution < -0.4 is 4.90 Å². The molecule has 0 aliphatic carbocycles. The zero-order valence-corrected chi connectivity index (χ0v) is 13.2. The van der Waals surface area contributed by atoms with E-state index in [1.807, 2.05) is 12.1 Å². The second-order valence-corrected chi connectivity index (χ2v) is 5.82. The summed E-state index contributed by atoms with van der Waals surface area (Å²) in [5.41, 5.74) is 1.59. The minimum Gasteiger partial charge on any atom is -0.469 e. The smallest absolute Gasteiger partial charge is 0.313 e. The summed E-state index contributed by atoms with van der Waals surface area (Å²) >= 11 is 0. The van der Waals surface area contributed by atoms with Crippen molar-refractivity contribution in [2.24, 2.45) is 0 Å². The Morgan fingerprint density at radius 1 is 1.13 bits per heavy atom. The number of rotatable bonds is 4. The molecule has 0 radical (unpaired) electrons. The molecule has 0 bridgehead atoms. The molecule has 6 heteroatoms. The van der Waals surface area contributed by atoms with Crippen molar-refractivity contribution in [3.8, 4) is 0 Å². The number of nitrogens with zero attached hydrogens (tertiary/aromatic N) is 1. The van der Waals surface area contributed by atoms with Gasteiger partial charge < -0.3 is 19.1 Å². The van der Waals surface area contributed by atoms with E-state index in [-0.39, 0.29) is 18.0 Å². The molecule has 2 fully saturated rings. The Bertz CT molecular complexity index is 567. The van der Waals surface area contributed by atoms with Crippen LogP contribution in [0.3, 0.4) is 0 Å². The number of hydrogen-bond donors (Lipinski definition) is 0. The monoisotopic (exact) mass is 319 g/mol. The molecule has 1 spiro atoms. The van der Waals surface area contributed by atoms with Gasteiger partial charge in [-0.2, -0.15) is 0 Å². The minimum absolute atomic E-state index is 0.225. The first-order valence-electron chi connectivity index (χ1n) is 7.85. The van der Waals surface area contributed by atoms with Gasteiger partial charge in [0.25, 0.3) is 0 Å². The molecule has 1 aromatic rings. The second-order valence-electron chi connectivity index (χ2n) is 5.82. The van der Waals surface area contributed by atoms with Crippen molar-refractivity contribution < 1.29 is 23.8 Å². The largest absolute Gasteiger partial charge is 0.469 e. The lowest BCUT2D eigenvalue weighted by atomic mass is 10.0. The number of Topliss-reactive ketones (excluding diaryl/α,β-unsaturated/α-hetero) is 1. The molecule has 2 saturated heterocycles. The summed E-state index contributed by atoms with van der Waals surface area (Å²) in [7, 11) is 1.28. The Kier molecular flexibility index (Phi) is 4.63. The Balaban J connectivity index is 1.59. The van der Waals surface area contributed by atoms with Crippen LogP contribution in [-0.4, -0.2) is 51.0 Å². The van der Waals surface area contributed by atoms with E-state index in [1.165, 1.54) is 7.11 Å². The lowest BCUT2D eigenvalue weighted by Gasteiger charge is -2.38. The SMILES string of the molecule is COC(=O)CC(=O)c1ccc(N2CCC3(CC2)OCCO3)cc1. The highest BCUT2D eigenvalue weighted by Gasteiger charge is 2.39. The number of esters is 1. The van der Waals surface area contributed by atoms with Crippen LogP contribution in [0.2, 0.25) is 0 Å². The van der Waals surface area contributed by atoms with Gasteiger partial charge in [-0.25, -0.2) is 0 Å². The van der Waals surface area contributed by atoms with Crippen molar-refractivity contribution in [3.63, 3.8) is 0 Å². The molecule has 0 unspecified atom stereocenters. The van der Waals surface area contributed by atoms with Crippen LogP contribution in [0.4, 0.5) is 5.69 Å². The number of carbonyl (C=O) groups is 2. The molecule has 23 heavy (non-hydrogen) atoms. The zero-order chi connectivity index (χ0) is 16.3. The first-order valence-corrected chi connectivity index (χ1v) is 7.85. The van der Waals surface area contributed by atoms with Gasteiger partial charge in [-0.15, -0.1) is 0 Å². The normalized spacial score (nSPS) is 19.8. The first kappa shape index (κ1) is 16.0. The molecule has 2 aliphatic heterocycles. The molecular formula is C17H21NO5. The van der Waals surface area contributed by atoms with E-state index in [4.69, 9.17) is 9.47 Å². The molecule has 0 aromatic heterocycles. The van der Waals surface area contributed by atoms with Crippen molar-refractivity contribution in [2.45, 2.75) is 25.0 Å². The van der Waals surface area contributed by atoms with E-state index in [1.54, 1.807) is 12.1 Å². The third kappa shape index (κ3) is 3.54. The molecule has 3 rings (SSSR count). The zero-order valence-electron chi connectivity index (χ0n) is 13.2. The van der Waals surface area contributed by atoms with Crippen molar-refractivity contribution in [2.75, 3.05) is 38.3 Å². The minimum atomic E-state index is -0.517. The van der Waals surface area contributed by atoms with E-state index >= 15 is 0 Å². The Hall–Kier alpha value is -1.92. The van der Waals surface area contributed by atoms with Gasteiger partial charge in [-0.1, -0.05) is 0 Å². The van der Waals surface area contributed by atoms with Crippen molar-refractivity contribution in [1.29, 1.82) is 0 Å². The van der Waals surface area contributed by atoms with Gasteiger partial charge in [0.1, 0.15) is 6.42 Å². The number of ketones is 1. The Morgan fingerprint density at radius 2 is 1.74 bits per heavy atom. The maximum Gasteiger partial charge on any atom is 0.313 e. The average Bonchev–Trinajstić information content (AvgIpc) is 3.03. The quantitative estimate of drug-likeness (QED) is 0.479. The van der Waals surface area contributed by atoms with Crippen molar-refractivity contribution in [3.05, 3.63) is 29.8 Å². The fourth-order valence-corrected chi connectivity index (χ4v) is 3.05. The highest BCUT2D eigenvalue weighted by atomic mass is 16.7. The number of benzene rings is 1. The van der Waals surface area contributed by atoms with Crippen molar-refractivity contribution >= 4 is 17.4 Å². The lowest BCUT2D eigenvalue weighted by molar-refractivity contribution is -0.169. The molecule has 2 aliphatic rings. The second kappa shape index (κ2) is 6.68. The molecule has 0 saturated carbocycles. The summed E-state index contributed by atoms with van der Waals surface area (Å²) in [6.45, 7) is 3.07. The summed E-state index contributed by atoms with van der Waals surface area (Å²) in [6, 6.07) is 7.35.